The maximum atomic E-state index is 12.2. The van der Waals surface area contributed by atoms with Crippen molar-refractivity contribution in [2.75, 3.05) is 11.9 Å². The molecule has 1 N–H and O–H groups in total. The minimum absolute atomic E-state index is 0.228. The summed E-state index contributed by atoms with van der Waals surface area (Å²) < 4.78 is 7.21. The zero-order valence-corrected chi connectivity index (χ0v) is 14.1. The fraction of sp³-hybridized carbons (Fsp3) is 0.353. The van der Waals surface area contributed by atoms with Gasteiger partial charge in [-0.15, -0.1) is 0 Å². The predicted octanol–water partition coefficient (Wildman–Crippen LogP) is 2.45. The molecule has 7 nitrogen and oxygen atoms in total. The summed E-state index contributed by atoms with van der Waals surface area (Å²) in [6, 6.07) is 11.0. The normalized spacial score (nSPS) is 11.4. The summed E-state index contributed by atoms with van der Waals surface area (Å²) in [6.07, 6.45) is 1.79. The second-order valence-corrected chi connectivity index (χ2v) is 5.32. The van der Waals surface area contributed by atoms with Crippen LogP contribution in [-0.4, -0.2) is 29.0 Å². The third-order valence-electron chi connectivity index (χ3n) is 3.58. The molecule has 1 heterocycles. The Morgan fingerprint density at radius 3 is 2.92 bits per heavy atom. The molecule has 0 saturated heterocycles. The topological polar surface area (TPSA) is 83.2 Å². The van der Waals surface area contributed by atoms with Crippen LogP contribution in [0.3, 0.4) is 0 Å². The van der Waals surface area contributed by atoms with E-state index in [-0.39, 0.29) is 6.03 Å². The van der Waals surface area contributed by atoms with Gasteiger partial charge >= 0.3 is 6.03 Å². The molecule has 1 unspecified atom stereocenters. The number of amides is 2. The van der Waals surface area contributed by atoms with Crippen LogP contribution < -0.4 is 15.0 Å². The molecule has 0 aliphatic heterocycles. The maximum Gasteiger partial charge on any atom is 0.323 e. The Morgan fingerprint density at radius 1 is 1.50 bits per heavy atom. The van der Waals surface area contributed by atoms with Crippen LogP contribution >= 0.6 is 0 Å². The number of rotatable bonds is 6. The standard InChI is InChI=1S/C17H21N5O2/c1-4-14(11-18)24-15-7-5-6-13(10-15)12-19-17(23)21(2)16-8-9-20-22(16)3/h5-10,14H,4,12H2,1-3H3,(H,19,23). The minimum Gasteiger partial charge on any atom is -0.476 e. The Hall–Kier alpha value is -3.01. The molecule has 0 bridgehead atoms. The molecular formula is C17H21N5O2. The molecule has 1 aromatic heterocycles. The number of carbonyl (C=O) groups excluding carboxylic acids is 1. The first kappa shape index (κ1) is 17.3. The molecule has 1 atom stereocenters. The van der Waals surface area contributed by atoms with Gasteiger partial charge in [-0.3, -0.25) is 9.58 Å². The molecule has 0 aliphatic carbocycles. The second-order valence-electron chi connectivity index (χ2n) is 5.32. The number of ether oxygens (including phenoxy) is 1. The highest BCUT2D eigenvalue weighted by atomic mass is 16.5. The number of hydrogen-bond donors (Lipinski definition) is 1. The Kier molecular flexibility index (Phi) is 5.79. The van der Waals surface area contributed by atoms with Crippen molar-refractivity contribution in [3.05, 3.63) is 42.1 Å². The van der Waals surface area contributed by atoms with Gasteiger partial charge in [0.2, 0.25) is 0 Å². The van der Waals surface area contributed by atoms with Crippen LogP contribution in [0.15, 0.2) is 36.5 Å². The highest BCUT2D eigenvalue weighted by Gasteiger charge is 2.13. The summed E-state index contributed by atoms with van der Waals surface area (Å²) in [5.41, 5.74) is 0.895. The first-order chi connectivity index (χ1) is 11.5. The van der Waals surface area contributed by atoms with E-state index in [0.29, 0.717) is 24.5 Å². The highest BCUT2D eigenvalue weighted by Crippen LogP contribution is 2.16. The van der Waals surface area contributed by atoms with Gasteiger partial charge in [0.25, 0.3) is 0 Å². The summed E-state index contributed by atoms with van der Waals surface area (Å²) in [5.74, 6) is 1.32. The van der Waals surface area contributed by atoms with Gasteiger partial charge < -0.3 is 10.1 Å². The average Bonchev–Trinajstić information content (AvgIpc) is 3.03. The molecular weight excluding hydrogens is 306 g/mol. The quantitative estimate of drug-likeness (QED) is 0.883. The van der Waals surface area contributed by atoms with Crippen LogP contribution in [0.2, 0.25) is 0 Å². The molecule has 24 heavy (non-hydrogen) atoms. The van der Waals surface area contributed by atoms with E-state index in [4.69, 9.17) is 10.00 Å². The van der Waals surface area contributed by atoms with Crippen molar-refractivity contribution in [2.45, 2.75) is 26.0 Å². The first-order valence-electron chi connectivity index (χ1n) is 7.70. The maximum absolute atomic E-state index is 12.2. The van der Waals surface area contributed by atoms with Gasteiger partial charge in [0.15, 0.2) is 6.10 Å². The van der Waals surface area contributed by atoms with Gasteiger partial charge in [-0.25, -0.2) is 4.79 Å². The minimum atomic E-state index is -0.467. The number of urea groups is 1. The molecule has 2 amide bonds. The fourth-order valence-electron chi connectivity index (χ4n) is 2.19. The van der Waals surface area contributed by atoms with Crippen molar-refractivity contribution >= 4 is 11.8 Å². The number of hydrogen-bond acceptors (Lipinski definition) is 4. The van der Waals surface area contributed by atoms with Gasteiger partial charge in [-0.1, -0.05) is 19.1 Å². The van der Waals surface area contributed by atoms with E-state index in [1.165, 1.54) is 4.90 Å². The summed E-state index contributed by atoms with van der Waals surface area (Å²) in [6.45, 7) is 2.26. The number of nitriles is 1. The Bertz CT molecular complexity index is 735. The molecule has 7 heteroatoms. The van der Waals surface area contributed by atoms with Crippen molar-refractivity contribution in [2.24, 2.45) is 7.05 Å². The summed E-state index contributed by atoms with van der Waals surface area (Å²) >= 11 is 0. The number of aromatic nitrogens is 2. The monoisotopic (exact) mass is 327 g/mol. The molecule has 2 rings (SSSR count). The lowest BCUT2D eigenvalue weighted by molar-refractivity contribution is 0.246. The van der Waals surface area contributed by atoms with E-state index in [9.17, 15) is 4.79 Å². The van der Waals surface area contributed by atoms with Gasteiger partial charge in [0.05, 0.1) is 6.20 Å². The largest absolute Gasteiger partial charge is 0.476 e. The van der Waals surface area contributed by atoms with Crippen LogP contribution in [0, 0.1) is 11.3 Å². The number of carbonyl (C=O) groups is 1. The van der Waals surface area contributed by atoms with Gasteiger partial charge in [0.1, 0.15) is 17.6 Å². The molecule has 1 aromatic carbocycles. The molecule has 0 aliphatic rings. The Morgan fingerprint density at radius 2 is 2.29 bits per heavy atom. The van der Waals surface area contributed by atoms with E-state index in [2.05, 4.69) is 16.5 Å². The van der Waals surface area contributed by atoms with Crippen LogP contribution in [-0.2, 0) is 13.6 Å². The Labute approximate surface area is 141 Å². The molecule has 0 fully saturated rings. The van der Waals surface area contributed by atoms with Gasteiger partial charge in [-0.2, -0.15) is 10.4 Å². The predicted molar refractivity (Wildman–Crippen MR) is 90.6 cm³/mol. The molecule has 0 radical (unpaired) electrons. The lowest BCUT2D eigenvalue weighted by Crippen LogP contribution is -2.37. The van der Waals surface area contributed by atoms with Gasteiger partial charge in [-0.05, 0) is 24.1 Å². The lowest BCUT2D eigenvalue weighted by Gasteiger charge is -2.18. The van der Waals surface area contributed by atoms with E-state index < -0.39 is 6.10 Å². The molecule has 0 saturated carbocycles. The Balaban J connectivity index is 1.96. The van der Waals surface area contributed by atoms with E-state index in [0.717, 1.165) is 5.56 Å². The number of nitrogens with one attached hydrogen (secondary N) is 1. The van der Waals surface area contributed by atoms with Crippen LogP contribution in [0.4, 0.5) is 10.6 Å². The zero-order valence-electron chi connectivity index (χ0n) is 14.1. The fourth-order valence-corrected chi connectivity index (χ4v) is 2.19. The van der Waals surface area contributed by atoms with Crippen LogP contribution in [0.5, 0.6) is 5.75 Å². The molecule has 126 valence electrons. The van der Waals surface area contributed by atoms with Crippen molar-refractivity contribution in [3.63, 3.8) is 0 Å². The van der Waals surface area contributed by atoms with Crippen molar-refractivity contribution in [3.8, 4) is 11.8 Å². The lowest BCUT2D eigenvalue weighted by atomic mass is 10.2. The SMILES string of the molecule is CCC(C#N)Oc1cccc(CNC(=O)N(C)c2ccnn2C)c1. The summed E-state index contributed by atoms with van der Waals surface area (Å²) in [5, 5.41) is 15.9. The average molecular weight is 327 g/mol. The van der Waals surface area contributed by atoms with Crippen molar-refractivity contribution in [1.29, 1.82) is 5.26 Å². The van der Waals surface area contributed by atoms with Crippen molar-refractivity contribution < 1.29 is 9.53 Å². The van der Waals surface area contributed by atoms with Crippen molar-refractivity contribution in [1.82, 2.24) is 15.1 Å². The number of anilines is 1. The number of aryl methyl sites for hydroxylation is 1. The summed E-state index contributed by atoms with van der Waals surface area (Å²) in [4.78, 5) is 13.7. The van der Waals surface area contributed by atoms with E-state index in [1.807, 2.05) is 25.1 Å². The zero-order chi connectivity index (χ0) is 17.5. The molecule has 2 aromatic rings. The molecule has 0 spiro atoms. The number of nitrogens with zero attached hydrogens (tertiary/aromatic N) is 4. The van der Waals surface area contributed by atoms with E-state index >= 15 is 0 Å². The van der Waals surface area contributed by atoms with Crippen LogP contribution in [0.25, 0.3) is 0 Å². The third kappa shape index (κ3) is 4.26. The number of benzene rings is 1. The summed E-state index contributed by atoms with van der Waals surface area (Å²) in [7, 11) is 3.46. The second kappa shape index (κ2) is 8.02. The van der Waals surface area contributed by atoms with Gasteiger partial charge in [0, 0.05) is 26.7 Å². The van der Waals surface area contributed by atoms with E-state index in [1.54, 1.807) is 37.1 Å². The highest BCUT2D eigenvalue weighted by molar-refractivity contribution is 5.90. The smallest absolute Gasteiger partial charge is 0.323 e. The van der Waals surface area contributed by atoms with Crippen LogP contribution in [0.1, 0.15) is 18.9 Å². The third-order valence-corrected chi connectivity index (χ3v) is 3.58. The first-order valence-corrected chi connectivity index (χ1v) is 7.70.